The van der Waals surface area contributed by atoms with E-state index in [2.05, 4.69) is 0 Å². The fourth-order valence-electron chi connectivity index (χ4n) is 0.678. The van der Waals surface area contributed by atoms with E-state index in [-0.39, 0.29) is 0 Å². The first-order valence-electron chi connectivity index (χ1n) is 3.64. The minimum atomic E-state index is -1.74. The van der Waals surface area contributed by atoms with Gasteiger partial charge in [-0.1, -0.05) is 0 Å². The number of hydrogen-bond donors (Lipinski definition) is 4. The molecule has 5 nitrogen and oxygen atoms in total. The highest BCUT2D eigenvalue weighted by Gasteiger charge is 2.33. The second-order valence-corrected chi connectivity index (χ2v) is 3.20. The highest BCUT2D eigenvalue weighted by molar-refractivity contribution is 4.76. The summed E-state index contributed by atoms with van der Waals surface area (Å²) in [5.41, 5.74) is -1.23. The predicted octanol–water partition coefficient (Wildman–Crippen LogP) is -1.55. The molecule has 4 N–H and O–H groups in total. The molecule has 0 saturated heterocycles. The molecule has 0 aliphatic heterocycles. The second-order valence-electron chi connectivity index (χ2n) is 3.20. The van der Waals surface area contributed by atoms with Gasteiger partial charge in [0.05, 0.1) is 19.8 Å². The number of ether oxygens (including phenoxy) is 1. The van der Waals surface area contributed by atoms with Crippen LogP contribution in [-0.4, -0.2) is 51.6 Å². The topological polar surface area (TPSA) is 90.2 Å². The first-order chi connectivity index (χ1) is 5.39. The Balaban J connectivity index is 4.20. The van der Waals surface area contributed by atoms with Gasteiger partial charge in [-0.3, -0.25) is 0 Å². The molecule has 0 aliphatic rings. The Morgan fingerprint density at radius 3 is 1.67 bits per heavy atom. The molecule has 5 heteroatoms. The van der Waals surface area contributed by atoms with E-state index in [9.17, 15) is 5.11 Å². The molecular formula is C7H16O5. The van der Waals surface area contributed by atoms with Crippen molar-refractivity contribution in [2.45, 2.75) is 25.2 Å². The fourth-order valence-corrected chi connectivity index (χ4v) is 0.678. The molecule has 0 amide bonds. The standard InChI is InChI=1S/C7H16O5/c1-6(3-8,4-9)12-7(2,11)5-10/h8-11H,3-5H2,1-2H3. The molecule has 0 spiro atoms. The maximum atomic E-state index is 9.23. The van der Waals surface area contributed by atoms with Crippen LogP contribution in [0.3, 0.4) is 0 Å². The molecule has 0 aromatic carbocycles. The van der Waals surface area contributed by atoms with Gasteiger partial charge in [0.2, 0.25) is 0 Å². The maximum Gasteiger partial charge on any atom is 0.186 e. The van der Waals surface area contributed by atoms with Crippen molar-refractivity contribution in [3.05, 3.63) is 0 Å². The average molecular weight is 180 g/mol. The lowest BCUT2D eigenvalue weighted by molar-refractivity contribution is -0.280. The summed E-state index contributed by atoms with van der Waals surface area (Å²) in [6.07, 6.45) is 0. The van der Waals surface area contributed by atoms with Gasteiger partial charge in [0.25, 0.3) is 0 Å². The van der Waals surface area contributed by atoms with Crippen molar-refractivity contribution in [1.29, 1.82) is 0 Å². The van der Waals surface area contributed by atoms with Crippen LogP contribution in [0.2, 0.25) is 0 Å². The summed E-state index contributed by atoms with van der Waals surface area (Å²) in [7, 11) is 0. The molecule has 0 aromatic heterocycles. The van der Waals surface area contributed by atoms with Crippen molar-refractivity contribution in [2.24, 2.45) is 0 Å². The third-order valence-electron chi connectivity index (χ3n) is 1.43. The number of rotatable bonds is 5. The Morgan fingerprint density at radius 1 is 1.00 bits per heavy atom. The second kappa shape index (κ2) is 4.15. The van der Waals surface area contributed by atoms with Crippen molar-refractivity contribution < 1.29 is 25.2 Å². The van der Waals surface area contributed by atoms with Gasteiger partial charge in [-0.05, 0) is 13.8 Å². The molecule has 0 bridgehead atoms. The molecule has 0 aliphatic carbocycles. The zero-order chi connectivity index (χ0) is 9.83. The molecule has 0 aromatic rings. The van der Waals surface area contributed by atoms with Crippen LogP contribution in [-0.2, 0) is 4.74 Å². The van der Waals surface area contributed by atoms with Gasteiger partial charge in [-0.15, -0.1) is 0 Å². The van der Waals surface area contributed by atoms with E-state index >= 15 is 0 Å². The van der Waals surface area contributed by atoms with Gasteiger partial charge in [0, 0.05) is 0 Å². The van der Waals surface area contributed by atoms with Crippen molar-refractivity contribution in [1.82, 2.24) is 0 Å². The molecule has 0 saturated carbocycles. The largest absolute Gasteiger partial charge is 0.393 e. The molecule has 0 radical (unpaired) electrons. The fraction of sp³-hybridized carbons (Fsp3) is 1.00. The average Bonchev–Trinajstić information content (AvgIpc) is 2.04. The van der Waals surface area contributed by atoms with E-state index in [1.807, 2.05) is 0 Å². The van der Waals surface area contributed by atoms with Crippen LogP contribution in [0.15, 0.2) is 0 Å². The summed E-state index contributed by atoms with van der Waals surface area (Å²) in [5.74, 6) is -1.74. The molecule has 12 heavy (non-hydrogen) atoms. The molecule has 0 fully saturated rings. The zero-order valence-corrected chi connectivity index (χ0v) is 7.32. The van der Waals surface area contributed by atoms with E-state index < -0.39 is 31.2 Å². The van der Waals surface area contributed by atoms with Gasteiger partial charge < -0.3 is 25.2 Å². The summed E-state index contributed by atoms with van der Waals surface area (Å²) in [4.78, 5) is 0. The Morgan fingerprint density at radius 2 is 1.42 bits per heavy atom. The van der Waals surface area contributed by atoms with Crippen molar-refractivity contribution in [2.75, 3.05) is 19.8 Å². The van der Waals surface area contributed by atoms with Gasteiger partial charge in [0.1, 0.15) is 5.60 Å². The first-order valence-corrected chi connectivity index (χ1v) is 3.64. The maximum absolute atomic E-state index is 9.23. The van der Waals surface area contributed by atoms with Crippen LogP contribution >= 0.6 is 0 Å². The minimum Gasteiger partial charge on any atom is -0.393 e. The van der Waals surface area contributed by atoms with Crippen molar-refractivity contribution in [3.63, 3.8) is 0 Å². The Hall–Kier alpha value is -0.200. The summed E-state index contributed by atoms with van der Waals surface area (Å²) in [6, 6.07) is 0. The molecular weight excluding hydrogens is 164 g/mol. The van der Waals surface area contributed by atoms with E-state index in [0.29, 0.717) is 0 Å². The van der Waals surface area contributed by atoms with Crippen LogP contribution in [0.4, 0.5) is 0 Å². The minimum absolute atomic E-state index is 0.431. The molecule has 0 heterocycles. The number of hydrogen-bond acceptors (Lipinski definition) is 5. The van der Waals surface area contributed by atoms with Gasteiger partial charge in [-0.25, -0.2) is 0 Å². The van der Waals surface area contributed by atoms with Crippen LogP contribution in [0, 0.1) is 0 Å². The van der Waals surface area contributed by atoms with Gasteiger partial charge in [0.15, 0.2) is 5.79 Å². The molecule has 1 atom stereocenters. The number of aliphatic hydroxyl groups excluding tert-OH is 3. The lowest BCUT2D eigenvalue weighted by Crippen LogP contribution is -2.47. The first kappa shape index (κ1) is 11.8. The highest BCUT2D eigenvalue weighted by Crippen LogP contribution is 2.17. The summed E-state index contributed by atoms with van der Waals surface area (Å²) < 4.78 is 4.88. The summed E-state index contributed by atoms with van der Waals surface area (Å²) >= 11 is 0. The third-order valence-corrected chi connectivity index (χ3v) is 1.43. The van der Waals surface area contributed by atoms with Gasteiger partial charge >= 0.3 is 0 Å². The van der Waals surface area contributed by atoms with Crippen LogP contribution in [0.25, 0.3) is 0 Å². The predicted molar refractivity (Wildman–Crippen MR) is 41.4 cm³/mol. The van der Waals surface area contributed by atoms with Gasteiger partial charge in [-0.2, -0.15) is 0 Å². The molecule has 1 unspecified atom stereocenters. The Bertz CT molecular complexity index is 130. The third kappa shape index (κ3) is 3.46. The van der Waals surface area contributed by atoms with E-state index in [1.54, 1.807) is 0 Å². The number of aliphatic hydroxyl groups is 4. The zero-order valence-electron chi connectivity index (χ0n) is 7.32. The summed E-state index contributed by atoms with van der Waals surface area (Å²) in [5, 5.41) is 35.4. The molecule has 0 rings (SSSR count). The smallest absolute Gasteiger partial charge is 0.186 e. The Kier molecular flexibility index (Phi) is 4.09. The lowest BCUT2D eigenvalue weighted by Gasteiger charge is -2.33. The summed E-state index contributed by atoms with van der Waals surface area (Å²) in [6.45, 7) is 1.22. The van der Waals surface area contributed by atoms with Crippen LogP contribution in [0.1, 0.15) is 13.8 Å². The monoisotopic (exact) mass is 180 g/mol. The van der Waals surface area contributed by atoms with Crippen LogP contribution < -0.4 is 0 Å². The van der Waals surface area contributed by atoms with E-state index in [0.717, 1.165) is 0 Å². The quantitative estimate of drug-likeness (QED) is 0.384. The van der Waals surface area contributed by atoms with E-state index in [1.165, 1.54) is 13.8 Å². The van der Waals surface area contributed by atoms with Crippen molar-refractivity contribution >= 4 is 0 Å². The lowest BCUT2D eigenvalue weighted by atomic mass is 10.1. The SMILES string of the molecule is CC(O)(CO)OC(C)(CO)CO. The van der Waals surface area contributed by atoms with Crippen molar-refractivity contribution in [3.8, 4) is 0 Å². The normalized spacial score (nSPS) is 17.5. The highest BCUT2D eigenvalue weighted by atomic mass is 16.7. The Labute approximate surface area is 71.2 Å². The molecule has 74 valence electrons. The van der Waals surface area contributed by atoms with E-state index in [4.69, 9.17) is 20.1 Å². The van der Waals surface area contributed by atoms with Crippen LogP contribution in [0.5, 0.6) is 0 Å².